The summed E-state index contributed by atoms with van der Waals surface area (Å²) >= 11 is 3.40. The molecule has 0 bridgehead atoms. The summed E-state index contributed by atoms with van der Waals surface area (Å²) in [7, 11) is 0. The van der Waals surface area contributed by atoms with Crippen LogP contribution >= 0.6 is 15.9 Å². The molecule has 1 heterocycles. The molecule has 1 aromatic heterocycles. The minimum Gasteiger partial charge on any atom is -0.322 e. The fourth-order valence-electron chi connectivity index (χ4n) is 3.13. The molecule has 1 amide bonds. The van der Waals surface area contributed by atoms with Gasteiger partial charge in [0.25, 0.3) is 5.91 Å². The number of nitrogens with one attached hydrogen (secondary N) is 1. The molecular formula is C23H21BrN4O. The maximum Gasteiger partial charge on any atom is 0.255 e. The zero-order valence-electron chi connectivity index (χ0n) is 16.5. The monoisotopic (exact) mass is 448 g/mol. The molecule has 0 saturated heterocycles. The number of nitrogens with zero attached hydrogens (tertiary/aromatic N) is 3. The van der Waals surface area contributed by atoms with Crippen LogP contribution in [0.3, 0.4) is 0 Å². The number of carbonyl (C=O) groups is 1. The van der Waals surface area contributed by atoms with Gasteiger partial charge in [0.2, 0.25) is 0 Å². The second-order valence-electron chi connectivity index (χ2n) is 7.36. The van der Waals surface area contributed by atoms with E-state index in [1.54, 1.807) is 16.9 Å². The van der Waals surface area contributed by atoms with Crippen LogP contribution in [0.15, 0.2) is 65.1 Å². The van der Waals surface area contributed by atoms with Gasteiger partial charge in [-0.25, -0.2) is 0 Å². The Bertz CT molecular complexity index is 1200. The number of halogens is 1. The molecule has 0 atom stereocenters. The van der Waals surface area contributed by atoms with E-state index in [4.69, 9.17) is 0 Å². The van der Waals surface area contributed by atoms with Gasteiger partial charge in [0.05, 0.1) is 5.69 Å². The van der Waals surface area contributed by atoms with Crippen molar-refractivity contribution >= 4 is 38.6 Å². The molecule has 4 aromatic rings. The summed E-state index contributed by atoms with van der Waals surface area (Å²) in [5.74, 6) is 0.318. The predicted octanol–water partition coefficient (Wildman–Crippen LogP) is 5.87. The molecule has 146 valence electrons. The fraction of sp³-hybridized carbons (Fsp3) is 0.174. The van der Waals surface area contributed by atoms with Gasteiger partial charge in [-0.3, -0.25) is 4.79 Å². The van der Waals surface area contributed by atoms with Gasteiger partial charge in [0, 0.05) is 15.7 Å². The zero-order chi connectivity index (χ0) is 20.5. The highest BCUT2D eigenvalue weighted by atomic mass is 79.9. The van der Waals surface area contributed by atoms with Crippen molar-refractivity contribution in [3.05, 3.63) is 81.8 Å². The quantitative estimate of drug-likeness (QED) is 0.424. The van der Waals surface area contributed by atoms with Crippen molar-refractivity contribution in [1.82, 2.24) is 15.0 Å². The topological polar surface area (TPSA) is 59.8 Å². The standard InChI is InChI=1S/C23H21BrN4O/c1-14(2)16-7-9-19(10-8-16)28-26-21-11-15(3)20(13-22(21)27-28)25-23(29)17-5-4-6-18(24)12-17/h4-14H,1-3H3,(H,25,29). The maximum atomic E-state index is 12.6. The maximum absolute atomic E-state index is 12.6. The molecule has 0 unspecified atom stereocenters. The van der Waals surface area contributed by atoms with E-state index in [1.165, 1.54) is 5.56 Å². The zero-order valence-corrected chi connectivity index (χ0v) is 18.1. The highest BCUT2D eigenvalue weighted by Crippen LogP contribution is 2.24. The fourth-order valence-corrected chi connectivity index (χ4v) is 3.53. The lowest BCUT2D eigenvalue weighted by Gasteiger charge is -2.08. The normalized spacial score (nSPS) is 11.2. The molecule has 0 aliphatic heterocycles. The van der Waals surface area contributed by atoms with Crippen molar-refractivity contribution < 1.29 is 4.79 Å². The average Bonchev–Trinajstić information content (AvgIpc) is 3.11. The number of hydrogen-bond acceptors (Lipinski definition) is 3. The van der Waals surface area contributed by atoms with Crippen LogP contribution in [0.4, 0.5) is 5.69 Å². The first-order chi connectivity index (χ1) is 13.9. The predicted molar refractivity (Wildman–Crippen MR) is 120 cm³/mol. The van der Waals surface area contributed by atoms with E-state index >= 15 is 0 Å². The second kappa shape index (κ2) is 7.79. The first-order valence-corrected chi connectivity index (χ1v) is 10.2. The summed E-state index contributed by atoms with van der Waals surface area (Å²) in [6, 6.07) is 19.4. The van der Waals surface area contributed by atoms with Crippen LogP contribution in [0.5, 0.6) is 0 Å². The molecule has 29 heavy (non-hydrogen) atoms. The summed E-state index contributed by atoms with van der Waals surface area (Å²) < 4.78 is 0.865. The van der Waals surface area contributed by atoms with Gasteiger partial charge in [-0.05, 0) is 66.4 Å². The molecule has 0 spiro atoms. The lowest BCUT2D eigenvalue weighted by atomic mass is 10.0. The number of rotatable bonds is 4. The third kappa shape index (κ3) is 4.07. The van der Waals surface area contributed by atoms with Gasteiger partial charge < -0.3 is 5.32 Å². The van der Waals surface area contributed by atoms with Crippen LogP contribution in [0.1, 0.15) is 41.3 Å². The summed E-state index contributed by atoms with van der Waals surface area (Å²) in [6.45, 7) is 6.29. The van der Waals surface area contributed by atoms with Crippen LogP contribution in [-0.2, 0) is 0 Å². The Morgan fingerprint density at radius 3 is 2.34 bits per heavy atom. The van der Waals surface area contributed by atoms with Crippen molar-refractivity contribution in [2.24, 2.45) is 0 Å². The van der Waals surface area contributed by atoms with E-state index in [2.05, 4.69) is 57.4 Å². The SMILES string of the molecule is Cc1cc2nn(-c3ccc(C(C)C)cc3)nc2cc1NC(=O)c1cccc(Br)c1. The lowest BCUT2D eigenvalue weighted by molar-refractivity contribution is 0.102. The van der Waals surface area contributed by atoms with Gasteiger partial charge in [-0.1, -0.05) is 48.0 Å². The molecule has 0 aliphatic rings. The lowest BCUT2D eigenvalue weighted by Crippen LogP contribution is -2.12. The molecule has 0 radical (unpaired) electrons. The number of aromatic nitrogens is 3. The molecule has 3 aromatic carbocycles. The number of anilines is 1. The van der Waals surface area contributed by atoms with Crippen LogP contribution in [0, 0.1) is 6.92 Å². The summed E-state index contributed by atoms with van der Waals surface area (Å²) in [5.41, 5.74) is 5.95. The van der Waals surface area contributed by atoms with Gasteiger partial charge in [0.1, 0.15) is 11.0 Å². The smallest absolute Gasteiger partial charge is 0.255 e. The second-order valence-corrected chi connectivity index (χ2v) is 8.27. The molecule has 0 fully saturated rings. The highest BCUT2D eigenvalue weighted by molar-refractivity contribution is 9.10. The molecule has 6 heteroatoms. The number of carbonyl (C=O) groups excluding carboxylic acids is 1. The number of hydrogen-bond donors (Lipinski definition) is 1. The molecular weight excluding hydrogens is 428 g/mol. The Hall–Kier alpha value is -2.99. The van der Waals surface area contributed by atoms with E-state index in [1.807, 2.05) is 43.3 Å². The van der Waals surface area contributed by atoms with E-state index in [0.29, 0.717) is 11.5 Å². The summed E-state index contributed by atoms with van der Waals surface area (Å²) in [5, 5.41) is 12.2. The van der Waals surface area contributed by atoms with Gasteiger partial charge in [0.15, 0.2) is 0 Å². The van der Waals surface area contributed by atoms with Crippen LogP contribution in [0.2, 0.25) is 0 Å². The van der Waals surface area contributed by atoms with E-state index < -0.39 is 0 Å². The van der Waals surface area contributed by atoms with Crippen molar-refractivity contribution in [2.75, 3.05) is 5.32 Å². The Labute approximate surface area is 177 Å². The van der Waals surface area contributed by atoms with Crippen LogP contribution in [0.25, 0.3) is 16.7 Å². The molecule has 1 N–H and O–H groups in total. The number of fused-ring (bicyclic) bond motifs is 1. The molecule has 0 aliphatic carbocycles. The largest absolute Gasteiger partial charge is 0.322 e. The van der Waals surface area contributed by atoms with E-state index in [0.717, 1.165) is 32.4 Å². The van der Waals surface area contributed by atoms with Gasteiger partial charge >= 0.3 is 0 Å². The van der Waals surface area contributed by atoms with Crippen LogP contribution in [-0.4, -0.2) is 20.9 Å². The number of benzene rings is 3. The Morgan fingerprint density at radius 2 is 1.69 bits per heavy atom. The molecule has 5 nitrogen and oxygen atoms in total. The first kappa shape index (κ1) is 19.3. The average molecular weight is 449 g/mol. The van der Waals surface area contributed by atoms with E-state index in [-0.39, 0.29) is 5.91 Å². The first-order valence-electron chi connectivity index (χ1n) is 9.45. The van der Waals surface area contributed by atoms with E-state index in [9.17, 15) is 4.79 Å². The third-order valence-electron chi connectivity index (χ3n) is 4.85. The molecule has 4 rings (SSSR count). The van der Waals surface area contributed by atoms with Crippen molar-refractivity contribution in [2.45, 2.75) is 26.7 Å². The Balaban J connectivity index is 1.64. The number of amides is 1. The Kier molecular flexibility index (Phi) is 5.20. The highest BCUT2D eigenvalue weighted by Gasteiger charge is 2.12. The number of aryl methyl sites for hydroxylation is 1. The van der Waals surface area contributed by atoms with Crippen molar-refractivity contribution in [3.63, 3.8) is 0 Å². The van der Waals surface area contributed by atoms with Gasteiger partial charge in [-0.2, -0.15) is 4.80 Å². The summed E-state index contributed by atoms with van der Waals surface area (Å²) in [4.78, 5) is 14.2. The minimum absolute atomic E-state index is 0.162. The van der Waals surface area contributed by atoms with Gasteiger partial charge in [-0.15, -0.1) is 10.2 Å². The summed E-state index contributed by atoms with van der Waals surface area (Å²) in [6.07, 6.45) is 0. The Morgan fingerprint density at radius 1 is 1.00 bits per heavy atom. The van der Waals surface area contributed by atoms with Crippen molar-refractivity contribution in [1.29, 1.82) is 0 Å². The molecule has 0 saturated carbocycles. The van der Waals surface area contributed by atoms with Crippen LogP contribution < -0.4 is 5.32 Å². The third-order valence-corrected chi connectivity index (χ3v) is 5.35. The van der Waals surface area contributed by atoms with Crippen molar-refractivity contribution in [3.8, 4) is 5.69 Å². The minimum atomic E-state index is -0.162.